The molecule has 2 rings (SSSR count). The summed E-state index contributed by atoms with van der Waals surface area (Å²) in [7, 11) is 0. The van der Waals surface area contributed by atoms with E-state index in [0.29, 0.717) is 6.42 Å². The van der Waals surface area contributed by atoms with Gasteiger partial charge in [-0.2, -0.15) is 0 Å². The van der Waals surface area contributed by atoms with E-state index in [0.717, 1.165) is 0 Å². The molecule has 7 N–H and O–H groups in total. The van der Waals surface area contributed by atoms with Crippen LogP contribution in [0, 0.1) is 11.8 Å². The third-order valence-corrected chi connectivity index (χ3v) is 3.72. The summed E-state index contributed by atoms with van der Waals surface area (Å²) < 4.78 is 0. The number of fused-ring (bicyclic) bond motifs is 2. The van der Waals surface area contributed by atoms with Gasteiger partial charge in [0.15, 0.2) is 0 Å². The topological polar surface area (TPSA) is 126 Å². The number of halogens is 1. The first kappa shape index (κ1) is 12.7. The maximum atomic E-state index is 11.0. The number of rotatable bonds is 1. The van der Waals surface area contributed by atoms with Crippen molar-refractivity contribution in [3.05, 3.63) is 0 Å². The summed E-state index contributed by atoms with van der Waals surface area (Å²) in [4.78, 5) is 11.0. The number of quaternary nitrogens is 1. The van der Waals surface area contributed by atoms with Crippen LogP contribution in [0.2, 0.25) is 0 Å². The van der Waals surface area contributed by atoms with Gasteiger partial charge in [-0.1, -0.05) is 0 Å². The van der Waals surface area contributed by atoms with E-state index in [-0.39, 0.29) is 12.4 Å². The molecule has 2 bridgehead atoms. The number of aliphatic hydroxyl groups excluding tert-OH is 3. The Kier molecular flexibility index (Phi) is 3.01. The van der Waals surface area contributed by atoms with Crippen molar-refractivity contribution in [2.24, 2.45) is 11.8 Å². The zero-order valence-electron chi connectivity index (χ0n) is 7.88. The molecule has 0 aliphatic heterocycles. The Balaban J connectivity index is 0.00000112. The van der Waals surface area contributed by atoms with Crippen LogP contribution in [-0.2, 0) is 4.79 Å². The van der Waals surface area contributed by atoms with Gasteiger partial charge < -0.3 is 38.6 Å². The molecule has 0 saturated heterocycles. The molecule has 0 aromatic heterocycles. The molecule has 6 nitrogen and oxygen atoms in total. The summed E-state index contributed by atoms with van der Waals surface area (Å²) in [5, 5.41) is 37.6. The van der Waals surface area contributed by atoms with Crippen molar-refractivity contribution in [1.82, 2.24) is 0 Å². The molecule has 2 fully saturated rings. The van der Waals surface area contributed by atoms with Gasteiger partial charge in [-0.3, -0.25) is 0 Å². The van der Waals surface area contributed by atoms with Crippen molar-refractivity contribution < 1.29 is 43.4 Å². The third-order valence-electron chi connectivity index (χ3n) is 3.72. The van der Waals surface area contributed by atoms with E-state index in [1.165, 1.54) is 0 Å². The van der Waals surface area contributed by atoms with Crippen molar-refractivity contribution >= 4 is 5.97 Å². The second-order valence-corrected chi connectivity index (χ2v) is 4.28. The van der Waals surface area contributed by atoms with Crippen LogP contribution in [0.5, 0.6) is 0 Å². The van der Waals surface area contributed by atoms with Gasteiger partial charge in [0, 0.05) is 5.92 Å². The summed E-state index contributed by atoms with van der Waals surface area (Å²) in [6.45, 7) is 0. The Morgan fingerprint density at radius 1 is 1.27 bits per heavy atom. The molecular formula is C8H14ClNO5. The van der Waals surface area contributed by atoms with Gasteiger partial charge >= 0.3 is 5.97 Å². The summed E-state index contributed by atoms with van der Waals surface area (Å²) >= 11 is 0. The third kappa shape index (κ3) is 1.29. The highest BCUT2D eigenvalue weighted by atomic mass is 35.5. The number of carboxylic acids is 1. The number of hydrogen-bond acceptors (Lipinski definition) is 4. The highest BCUT2D eigenvalue weighted by Gasteiger charge is 2.70. The molecule has 0 radical (unpaired) electrons. The molecule has 7 heteroatoms. The summed E-state index contributed by atoms with van der Waals surface area (Å²) in [5.74, 6) is -2.44. The minimum atomic E-state index is -1.57. The van der Waals surface area contributed by atoms with E-state index >= 15 is 0 Å². The maximum absolute atomic E-state index is 11.0. The SMILES string of the molecule is [Cl-].[NH3+][C@]1(C(=O)O)[C@H](O)[C@@H]2C[C@H]1[C@@H](O)[C@H]2O. The number of aliphatic carboxylic acids is 1. The van der Waals surface area contributed by atoms with Crippen molar-refractivity contribution in [3.63, 3.8) is 0 Å². The lowest BCUT2D eigenvalue weighted by Crippen LogP contribution is -3.00. The summed E-state index contributed by atoms with van der Waals surface area (Å²) in [6.07, 6.45) is -2.97. The molecule has 15 heavy (non-hydrogen) atoms. The summed E-state index contributed by atoms with van der Waals surface area (Å²) in [5.41, 5.74) is 1.93. The first-order chi connectivity index (χ1) is 6.40. The second-order valence-electron chi connectivity index (χ2n) is 4.28. The van der Waals surface area contributed by atoms with E-state index in [1.807, 2.05) is 0 Å². The van der Waals surface area contributed by atoms with E-state index < -0.39 is 41.7 Å². The normalized spacial score (nSPS) is 52.7. The van der Waals surface area contributed by atoms with E-state index in [4.69, 9.17) is 5.11 Å². The molecular weight excluding hydrogens is 226 g/mol. The van der Waals surface area contributed by atoms with Gasteiger partial charge in [0.1, 0.15) is 6.10 Å². The number of hydrogen-bond donors (Lipinski definition) is 5. The van der Waals surface area contributed by atoms with Crippen LogP contribution in [0.15, 0.2) is 0 Å². The molecule has 0 heterocycles. The Morgan fingerprint density at radius 3 is 2.20 bits per heavy atom. The van der Waals surface area contributed by atoms with Crippen molar-refractivity contribution in [3.8, 4) is 0 Å². The molecule has 2 aliphatic rings. The van der Waals surface area contributed by atoms with Crippen LogP contribution >= 0.6 is 0 Å². The van der Waals surface area contributed by atoms with Crippen molar-refractivity contribution in [2.45, 2.75) is 30.3 Å². The van der Waals surface area contributed by atoms with Gasteiger partial charge in [0.25, 0.3) is 0 Å². The van der Waals surface area contributed by atoms with Crippen LogP contribution < -0.4 is 18.1 Å². The van der Waals surface area contributed by atoms with Gasteiger partial charge in [-0.15, -0.1) is 0 Å². The van der Waals surface area contributed by atoms with E-state index in [9.17, 15) is 20.1 Å². The van der Waals surface area contributed by atoms with Gasteiger partial charge in [0.05, 0.1) is 18.1 Å². The fourth-order valence-corrected chi connectivity index (χ4v) is 2.78. The van der Waals surface area contributed by atoms with Gasteiger partial charge in [0.2, 0.25) is 5.54 Å². The largest absolute Gasteiger partial charge is 1.00 e. The molecule has 88 valence electrons. The molecule has 0 aromatic carbocycles. The lowest BCUT2D eigenvalue weighted by Gasteiger charge is -2.35. The maximum Gasteiger partial charge on any atom is 0.368 e. The first-order valence-corrected chi connectivity index (χ1v) is 4.53. The molecule has 0 aromatic rings. The fourth-order valence-electron chi connectivity index (χ4n) is 2.78. The zero-order valence-corrected chi connectivity index (χ0v) is 8.63. The minimum Gasteiger partial charge on any atom is -1.00 e. The van der Waals surface area contributed by atoms with E-state index in [2.05, 4.69) is 5.73 Å². The predicted octanol–water partition coefficient (Wildman–Crippen LogP) is -6.21. The van der Waals surface area contributed by atoms with Crippen molar-refractivity contribution in [1.29, 1.82) is 0 Å². The minimum absolute atomic E-state index is 0. The van der Waals surface area contributed by atoms with Gasteiger partial charge in [-0.25, -0.2) is 4.79 Å². The Bertz CT molecular complexity index is 288. The number of carbonyl (C=O) groups is 1. The van der Waals surface area contributed by atoms with Crippen LogP contribution in [0.4, 0.5) is 0 Å². The molecule has 6 atom stereocenters. The molecule has 2 aliphatic carbocycles. The standard InChI is InChI=1S/C8H13NO5.ClH/c9-8(7(13)14)3-1-2(6(8)12)4(10)5(3)11;/h2-6,10-12H,1,9H2,(H,13,14);1H/t2-,3+,4+,5-,6-,8+;/m1./s1. The number of aliphatic hydroxyl groups is 3. The lowest BCUT2D eigenvalue weighted by molar-refractivity contribution is -0.496. The molecule has 2 saturated carbocycles. The van der Waals surface area contributed by atoms with Crippen LogP contribution in [0.25, 0.3) is 0 Å². The van der Waals surface area contributed by atoms with Gasteiger partial charge in [-0.05, 0) is 6.42 Å². The lowest BCUT2D eigenvalue weighted by atomic mass is 9.77. The summed E-state index contributed by atoms with van der Waals surface area (Å²) in [6, 6.07) is 0. The van der Waals surface area contributed by atoms with E-state index in [1.54, 1.807) is 0 Å². The van der Waals surface area contributed by atoms with Crippen molar-refractivity contribution in [2.75, 3.05) is 0 Å². The Labute approximate surface area is 92.1 Å². The Morgan fingerprint density at radius 2 is 1.80 bits per heavy atom. The Hall–Kier alpha value is -0.400. The monoisotopic (exact) mass is 239 g/mol. The highest BCUT2D eigenvalue weighted by molar-refractivity contribution is 5.79. The van der Waals surface area contributed by atoms with Crippen LogP contribution in [0.3, 0.4) is 0 Å². The van der Waals surface area contributed by atoms with Crippen LogP contribution in [0.1, 0.15) is 6.42 Å². The highest BCUT2D eigenvalue weighted by Crippen LogP contribution is 2.49. The molecule has 0 spiro atoms. The second kappa shape index (κ2) is 3.57. The van der Waals surface area contributed by atoms with Crippen LogP contribution in [-0.4, -0.2) is 50.2 Å². The first-order valence-electron chi connectivity index (χ1n) is 4.53. The molecule has 0 amide bonds. The number of carboxylic acid groups (broad SMARTS) is 1. The average molecular weight is 240 g/mol. The molecule has 0 unspecified atom stereocenters. The zero-order chi connectivity index (χ0) is 10.7. The smallest absolute Gasteiger partial charge is 0.368 e. The average Bonchev–Trinajstić information content (AvgIpc) is 2.54. The fraction of sp³-hybridized carbons (Fsp3) is 0.875. The quantitative estimate of drug-likeness (QED) is 0.311. The predicted molar refractivity (Wildman–Crippen MR) is 42.9 cm³/mol.